The summed E-state index contributed by atoms with van der Waals surface area (Å²) in [7, 11) is 0. The van der Waals surface area contributed by atoms with Gasteiger partial charge in [0, 0.05) is 30.6 Å². The molecule has 4 rings (SSSR count). The van der Waals surface area contributed by atoms with E-state index >= 15 is 0 Å². The van der Waals surface area contributed by atoms with Gasteiger partial charge >= 0.3 is 0 Å². The quantitative estimate of drug-likeness (QED) is 0.688. The molecule has 1 heterocycles. The van der Waals surface area contributed by atoms with Gasteiger partial charge < -0.3 is 4.74 Å². The molecule has 1 unspecified atom stereocenters. The minimum atomic E-state index is 0.439. The molecule has 1 saturated heterocycles. The molecule has 0 radical (unpaired) electrons. The fourth-order valence-corrected chi connectivity index (χ4v) is 4.16. The highest BCUT2D eigenvalue weighted by molar-refractivity contribution is 7.97. The maximum atomic E-state index is 9.08. The van der Waals surface area contributed by atoms with Gasteiger partial charge in [0.15, 0.2) is 0 Å². The molecule has 1 saturated carbocycles. The third-order valence-corrected chi connectivity index (χ3v) is 6.10. The van der Waals surface area contributed by atoms with Gasteiger partial charge in [0.2, 0.25) is 0 Å². The minimum Gasteiger partial charge on any atom is -0.490 e. The number of hydrogen-bond donors (Lipinski definition) is 1. The van der Waals surface area contributed by atoms with Crippen LogP contribution in [0.25, 0.3) is 0 Å². The van der Waals surface area contributed by atoms with Crippen molar-refractivity contribution in [3.8, 4) is 11.8 Å². The Morgan fingerprint density at radius 2 is 2.00 bits per heavy atom. The van der Waals surface area contributed by atoms with E-state index in [-0.39, 0.29) is 0 Å². The van der Waals surface area contributed by atoms with E-state index in [1.54, 1.807) is 18.0 Å². The lowest BCUT2D eigenvalue weighted by Gasteiger charge is -2.17. The Labute approximate surface area is 169 Å². The van der Waals surface area contributed by atoms with Gasteiger partial charge in [0.25, 0.3) is 0 Å². The van der Waals surface area contributed by atoms with Crippen LogP contribution in [-0.4, -0.2) is 30.1 Å². The Hall–Kier alpha value is -1.71. The maximum Gasteiger partial charge on any atom is 0.119 e. The highest BCUT2D eigenvalue weighted by Gasteiger charge is 2.24. The number of benzene rings is 2. The van der Waals surface area contributed by atoms with Gasteiger partial charge in [-0.3, -0.25) is 9.62 Å². The van der Waals surface area contributed by atoms with Crippen LogP contribution in [-0.2, 0) is 6.54 Å². The average molecular weight is 400 g/mol. The smallest absolute Gasteiger partial charge is 0.119 e. The molecule has 0 aromatic heterocycles. The molecule has 2 aromatic carbocycles. The van der Waals surface area contributed by atoms with Crippen molar-refractivity contribution in [3.63, 3.8) is 0 Å². The largest absolute Gasteiger partial charge is 0.490 e. The van der Waals surface area contributed by atoms with E-state index in [4.69, 9.17) is 21.6 Å². The number of halogens is 1. The van der Waals surface area contributed by atoms with Gasteiger partial charge in [-0.25, -0.2) is 0 Å². The second kappa shape index (κ2) is 8.53. The summed E-state index contributed by atoms with van der Waals surface area (Å²) in [6.45, 7) is 3.07. The molecule has 1 N–H and O–H groups in total. The average Bonchev–Trinajstić information content (AvgIpc) is 3.39. The number of rotatable bonds is 7. The van der Waals surface area contributed by atoms with E-state index < -0.39 is 0 Å². The molecule has 1 aliphatic heterocycles. The monoisotopic (exact) mass is 399 g/mol. The van der Waals surface area contributed by atoms with Crippen LogP contribution in [0.3, 0.4) is 0 Å². The molecule has 2 fully saturated rings. The summed E-state index contributed by atoms with van der Waals surface area (Å²) in [4.78, 5) is 3.48. The van der Waals surface area contributed by atoms with Gasteiger partial charge in [-0.15, -0.1) is 0 Å². The van der Waals surface area contributed by atoms with Crippen molar-refractivity contribution < 1.29 is 4.74 Å². The molecule has 0 amide bonds. The molecule has 2 aliphatic rings. The summed E-state index contributed by atoms with van der Waals surface area (Å²) in [5.74, 6) is 0.985. The maximum absolute atomic E-state index is 9.08. The Kier molecular flexibility index (Phi) is 5.89. The summed E-state index contributed by atoms with van der Waals surface area (Å²) in [6, 6.07) is 16.6. The summed E-state index contributed by atoms with van der Waals surface area (Å²) < 4.78 is 9.33. The van der Waals surface area contributed by atoms with Crippen molar-refractivity contribution in [1.29, 1.82) is 5.26 Å². The fourth-order valence-electron chi connectivity index (χ4n) is 3.19. The first kappa shape index (κ1) is 18.6. The van der Waals surface area contributed by atoms with Crippen LogP contribution in [0, 0.1) is 11.3 Å². The Morgan fingerprint density at radius 3 is 2.74 bits per heavy atom. The topological polar surface area (TPSA) is 48.3 Å². The third-order valence-electron chi connectivity index (χ3n) is 4.83. The van der Waals surface area contributed by atoms with E-state index in [2.05, 4.69) is 40.0 Å². The summed E-state index contributed by atoms with van der Waals surface area (Å²) >= 11 is 7.57. The highest BCUT2D eigenvalue weighted by Crippen LogP contribution is 2.27. The predicted octanol–water partition coefficient (Wildman–Crippen LogP) is 4.62. The number of hydrogen-bond acceptors (Lipinski definition) is 5. The zero-order valence-electron chi connectivity index (χ0n) is 15.0. The van der Waals surface area contributed by atoms with Crippen LogP contribution >= 0.6 is 23.5 Å². The normalized spacial score (nSPS) is 19.8. The lowest BCUT2D eigenvalue weighted by Crippen LogP contribution is -2.28. The molecule has 0 bridgehead atoms. The standard InChI is InChI=1S/C21H22ClN3OS/c22-21-8-7-20(11-16(21)12-23)27-24-17-9-10-25(14-17)13-15-1-3-18(4-2-15)26-19-5-6-19/h1-4,7-8,11,17,19,24H,5-6,9-10,13-14H2. The minimum absolute atomic E-state index is 0.439. The molecule has 4 nitrogen and oxygen atoms in total. The number of likely N-dealkylation sites (tertiary alicyclic amines) is 1. The van der Waals surface area contributed by atoms with Crippen LogP contribution in [0.4, 0.5) is 0 Å². The van der Waals surface area contributed by atoms with E-state index in [1.165, 1.54) is 18.4 Å². The molecule has 140 valence electrons. The first-order chi connectivity index (χ1) is 13.2. The summed E-state index contributed by atoms with van der Waals surface area (Å²) in [6.07, 6.45) is 3.95. The lowest BCUT2D eigenvalue weighted by molar-refractivity contribution is 0.302. The van der Waals surface area contributed by atoms with Crippen LogP contribution in [0.2, 0.25) is 5.02 Å². The van der Waals surface area contributed by atoms with Crippen LogP contribution in [0.1, 0.15) is 30.4 Å². The van der Waals surface area contributed by atoms with E-state index in [1.807, 2.05) is 12.1 Å². The van der Waals surface area contributed by atoms with Crippen molar-refractivity contribution in [1.82, 2.24) is 9.62 Å². The molecule has 6 heteroatoms. The highest BCUT2D eigenvalue weighted by atomic mass is 35.5. The van der Waals surface area contributed by atoms with Gasteiger partial charge in [0.1, 0.15) is 11.8 Å². The van der Waals surface area contributed by atoms with Crippen molar-refractivity contribution in [2.75, 3.05) is 13.1 Å². The summed E-state index contributed by atoms with van der Waals surface area (Å²) in [5.41, 5.74) is 1.84. The fraction of sp³-hybridized carbons (Fsp3) is 0.381. The van der Waals surface area contributed by atoms with E-state index in [0.29, 0.717) is 22.7 Å². The zero-order chi connectivity index (χ0) is 18.6. The molecular weight excluding hydrogens is 378 g/mol. The van der Waals surface area contributed by atoms with E-state index in [0.717, 1.165) is 36.7 Å². The zero-order valence-corrected chi connectivity index (χ0v) is 16.6. The number of ether oxygens (including phenoxy) is 1. The van der Waals surface area contributed by atoms with Gasteiger partial charge in [-0.1, -0.05) is 23.7 Å². The van der Waals surface area contributed by atoms with E-state index in [9.17, 15) is 0 Å². The molecule has 1 aliphatic carbocycles. The van der Waals surface area contributed by atoms with Crippen LogP contribution in [0.15, 0.2) is 47.4 Å². The van der Waals surface area contributed by atoms with Gasteiger partial charge in [-0.05, 0) is 67.1 Å². The van der Waals surface area contributed by atoms with Gasteiger partial charge in [-0.2, -0.15) is 5.26 Å². The summed E-state index contributed by atoms with van der Waals surface area (Å²) in [5, 5.41) is 9.58. The second-order valence-electron chi connectivity index (χ2n) is 7.16. The van der Waals surface area contributed by atoms with Crippen molar-refractivity contribution in [3.05, 3.63) is 58.6 Å². The number of nitrogens with one attached hydrogen (secondary N) is 1. The Bertz CT molecular complexity index is 832. The molecule has 0 spiro atoms. The first-order valence-corrected chi connectivity index (χ1v) is 10.5. The Balaban J connectivity index is 1.24. The van der Waals surface area contributed by atoms with Crippen LogP contribution in [0.5, 0.6) is 5.75 Å². The number of nitrogens with zero attached hydrogens (tertiary/aromatic N) is 2. The third kappa shape index (κ3) is 5.18. The SMILES string of the molecule is N#Cc1cc(SNC2CCN(Cc3ccc(OC4CC4)cc3)C2)ccc1Cl. The number of nitriles is 1. The first-order valence-electron chi connectivity index (χ1n) is 9.29. The molecule has 1 atom stereocenters. The van der Waals surface area contributed by atoms with Crippen LogP contribution < -0.4 is 9.46 Å². The van der Waals surface area contributed by atoms with Gasteiger partial charge in [0.05, 0.1) is 16.7 Å². The molecular formula is C21H22ClN3OS. The predicted molar refractivity (Wildman–Crippen MR) is 109 cm³/mol. The second-order valence-corrected chi connectivity index (χ2v) is 8.47. The molecule has 2 aromatic rings. The molecule has 27 heavy (non-hydrogen) atoms. The lowest BCUT2D eigenvalue weighted by atomic mass is 10.2. The van der Waals surface area contributed by atoms with Crippen molar-refractivity contribution >= 4 is 23.5 Å². The van der Waals surface area contributed by atoms with Crippen molar-refractivity contribution in [2.45, 2.75) is 42.8 Å². The Morgan fingerprint density at radius 1 is 1.19 bits per heavy atom. The van der Waals surface area contributed by atoms with Crippen molar-refractivity contribution in [2.24, 2.45) is 0 Å².